The van der Waals surface area contributed by atoms with Gasteiger partial charge in [-0.2, -0.15) is 0 Å². The zero-order chi connectivity index (χ0) is 15.0. The molecule has 0 saturated heterocycles. The number of aromatic carboxylic acids is 1. The third kappa shape index (κ3) is 5.17. The maximum Gasteiger partial charge on any atom is 0.337 e. The van der Waals surface area contributed by atoms with Crippen LogP contribution in [0, 0.1) is 0 Å². The second kappa shape index (κ2) is 8.53. The van der Waals surface area contributed by atoms with Gasteiger partial charge in [-0.1, -0.05) is 13.8 Å². The van der Waals surface area contributed by atoms with Crippen LogP contribution in [0.1, 0.15) is 44.0 Å². The van der Waals surface area contributed by atoms with E-state index in [0.717, 1.165) is 32.5 Å². The summed E-state index contributed by atoms with van der Waals surface area (Å²) < 4.78 is 0. The third-order valence-corrected chi connectivity index (χ3v) is 3.46. The summed E-state index contributed by atoms with van der Waals surface area (Å²) in [5.41, 5.74) is 0.867. The molecule has 0 amide bonds. The van der Waals surface area contributed by atoms with Crippen molar-refractivity contribution in [2.45, 2.75) is 39.7 Å². The largest absolute Gasteiger partial charge is 0.478 e. The second-order valence-electron chi connectivity index (χ2n) is 4.94. The van der Waals surface area contributed by atoms with Crippen LogP contribution in [0.25, 0.3) is 0 Å². The Morgan fingerprint density at radius 2 is 2.15 bits per heavy atom. The summed E-state index contributed by atoms with van der Waals surface area (Å²) in [6, 6.07) is 1.75. The van der Waals surface area contributed by atoms with Gasteiger partial charge in [0.2, 0.25) is 0 Å². The van der Waals surface area contributed by atoms with E-state index in [1.807, 2.05) is 0 Å². The Kier molecular flexibility index (Phi) is 7.01. The smallest absolute Gasteiger partial charge is 0.337 e. The molecular formula is C15H25N3O2. The normalized spacial score (nSPS) is 12.4. The Morgan fingerprint density at radius 3 is 2.75 bits per heavy atom. The number of carboxylic acid groups (broad SMARTS) is 1. The fourth-order valence-corrected chi connectivity index (χ4v) is 2.19. The van der Waals surface area contributed by atoms with E-state index in [-0.39, 0.29) is 11.6 Å². The van der Waals surface area contributed by atoms with Gasteiger partial charge in [-0.05, 0) is 45.5 Å². The van der Waals surface area contributed by atoms with Crippen LogP contribution in [0.2, 0.25) is 0 Å². The Balaban J connectivity index is 2.46. The molecule has 0 spiro atoms. The summed E-state index contributed by atoms with van der Waals surface area (Å²) in [4.78, 5) is 17.5. The molecule has 0 bridgehead atoms. The van der Waals surface area contributed by atoms with Crippen LogP contribution >= 0.6 is 0 Å². The first-order chi connectivity index (χ1) is 9.58. The average Bonchev–Trinajstić information content (AvgIpc) is 2.44. The lowest BCUT2D eigenvalue weighted by molar-refractivity contribution is 0.0698. The molecule has 1 atom stereocenters. The van der Waals surface area contributed by atoms with Gasteiger partial charge in [-0.15, -0.1) is 0 Å². The van der Waals surface area contributed by atoms with Crippen LogP contribution < -0.4 is 5.32 Å². The summed E-state index contributed by atoms with van der Waals surface area (Å²) in [5.74, 6) is -0.926. The number of hydrogen-bond donors (Lipinski definition) is 2. The SMILES string of the molecule is CCN(CC)CCCC(C)Nc1cnccc1C(=O)O. The van der Waals surface area contributed by atoms with Crippen LogP contribution in [0.15, 0.2) is 18.5 Å². The monoisotopic (exact) mass is 279 g/mol. The average molecular weight is 279 g/mol. The van der Waals surface area contributed by atoms with Crippen molar-refractivity contribution in [3.63, 3.8) is 0 Å². The van der Waals surface area contributed by atoms with Crippen molar-refractivity contribution in [2.24, 2.45) is 0 Å². The molecule has 0 aliphatic rings. The van der Waals surface area contributed by atoms with Gasteiger partial charge in [0.15, 0.2) is 0 Å². The van der Waals surface area contributed by atoms with Crippen molar-refractivity contribution in [1.82, 2.24) is 9.88 Å². The number of rotatable bonds is 9. The lowest BCUT2D eigenvalue weighted by atomic mass is 10.1. The van der Waals surface area contributed by atoms with E-state index in [1.165, 1.54) is 12.3 Å². The molecule has 112 valence electrons. The molecule has 1 unspecified atom stereocenters. The number of nitrogens with one attached hydrogen (secondary N) is 1. The number of nitrogens with zero attached hydrogens (tertiary/aromatic N) is 2. The summed E-state index contributed by atoms with van der Waals surface area (Å²) in [7, 11) is 0. The van der Waals surface area contributed by atoms with Gasteiger partial charge in [0.25, 0.3) is 0 Å². The molecule has 0 aliphatic heterocycles. The number of anilines is 1. The van der Waals surface area contributed by atoms with Crippen LogP contribution in [0.4, 0.5) is 5.69 Å². The third-order valence-electron chi connectivity index (χ3n) is 3.46. The topological polar surface area (TPSA) is 65.5 Å². The van der Waals surface area contributed by atoms with E-state index in [1.54, 1.807) is 6.20 Å². The number of carbonyl (C=O) groups is 1. The first-order valence-electron chi connectivity index (χ1n) is 7.24. The van der Waals surface area contributed by atoms with E-state index in [2.05, 4.69) is 36.0 Å². The molecule has 1 aromatic heterocycles. The number of pyridine rings is 1. The predicted molar refractivity (Wildman–Crippen MR) is 81.3 cm³/mol. The minimum Gasteiger partial charge on any atom is -0.478 e. The molecule has 0 aromatic carbocycles. The molecular weight excluding hydrogens is 254 g/mol. The zero-order valence-corrected chi connectivity index (χ0v) is 12.6. The Morgan fingerprint density at radius 1 is 1.45 bits per heavy atom. The van der Waals surface area contributed by atoms with Crippen molar-refractivity contribution in [3.05, 3.63) is 24.0 Å². The molecule has 1 aromatic rings. The minimum atomic E-state index is -0.926. The number of hydrogen-bond acceptors (Lipinski definition) is 4. The van der Waals surface area contributed by atoms with Gasteiger partial charge in [0, 0.05) is 12.2 Å². The van der Waals surface area contributed by atoms with E-state index in [4.69, 9.17) is 5.11 Å². The number of aromatic nitrogens is 1. The first-order valence-corrected chi connectivity index (χ1v) is 7.24. The number of carboxylic acids is 1. The fourth-order valence-electron chi connectivity index (χ4n) is 2.19. The minimum absolute atomic E-state index is 0.230. The van der Waals surface area contributed by atoms with Gasteiger partial charge >= 0.3 is 5.97 Å². The molecule has 5 nitrogen and oxygen atoms in total. The summed E-state index contributed by atoms with van der Waals surface area (Å²) in [6.07, 6.45) is 5.17. The van der Waals surface area contributed by atoms with Crippen molar-refractivity contribution >= 4 is 11.7 Å². The van der Waals surface area contributed by atoms with Gasteiger partial charge in [-0.25, -0.2) is 4.79 Å². The van der Waals surface area contributed by atoms with Gasteiger partial charge < -0.3 is 15.3 Å². The summed E-state index contributed by atoms with van der Waals surface area (Å²) in [6.45, 7) is 9.63. The van der Waals surface area contributed by atoms with Crippen molar-refractivity contribution in [3.8, 4) is 0 Å². The lowest BCUT2D eigenvalue weighted by Gasteiger charge is -2.20. The predicted octanol–water partition coefficient (Wildman–Crippen LogP) is 2.70. The van der Waals surface area contributed by atoms with Crippen molar-refractivity contribution < 1.29 is 9.90 Å². The highest BCUT2D eigenvalue weighted by Crippen LogP contribution is 2.15. The second-order valence-corrected chi connectivity index (χ2v) is 4.94. The van der Waals surface area contributed by atoms with Crippen molar-refractivity contribution in [1.29, 1.82) is 0 Å². The summed E-state index contributed by atoms with van der Waals surface area (Å²) >= 11 is 0. The van der Waals surface area contributed by atoms with E-state index in [9.17, 15) is 4.79 Å². The quantitative estimate of drug-likeness (QED) is 0.727. The maximum atomic E-state index is 11.1. The Labute approximate surface area is 121 Å². The molecule has 0 aliphatic carbocycles. The zero-order valence-electron chi connectivity index (χ0n) is 12.6. The molecule has 2 N–H and O–H groups in total. The molecule has 1 heterocycles. The molecule has 20 heavy (non-hydrogen) atoms. The van der Waals surface area contributed by atoms with Crippen molar-refractivity contribution in [2.75, 3.05) is 25.0 Å². The highest BCUT2D eigenvalue weighted by Gasteiger charge is 2.11. The van der Waals surface area contributed by atoms with Gasteiger partial charge in [0.1, 0.15) is 0 Å². The van der Waals surface area contributed by atoms with Crippen LogP contribution in [0.5, 0.6) is 0 Å². The molecule has 0 radical (unpaired) electrons. The molecule has 1 rings (SSSR count). The van der Waals surface area contributed by atoms with Crippen LogP contribution in [0.3, 0.4) is 0 Å². The highest BCUT2D eigenvalue weighted by molar-refractivity contribution is 5.93. The van der Waals surface area contributed by atoms with Crippen LogP contribution in [-0.4, -0.2) is 46.6 Å². The standard InChI is InChI=1S/C15H25N3O2/c1-4-18(5-2)10-6-7-12(3)17-14-11-16-9-8-13(14)15(19)20/h8-9,11-12,17H,4-7,10H2,1-3H3,(H,19,20). The lowest BCUT2D eigenvalue weighted by Crippen LogP contribution is -2.26. The highest BCUT2D eigenvalue weighted by atomic mass is 16.4. The van der Waals surface area contributed by atoms with E-state index < -0.39 is 5.97 Å². The van der Waals surface area contributed by atoms with Gasteiger partial charge in [0.05, 0.1) is 17.4 Å². The van der Waals surface area contributed by atoms with E-state index in [0.29, 0.717) is 5.69 Å². The Bertz CT molecular complexity index is 419. The van der Waals surface area contributed by atoms with Gasteiger partial charge in [-0.3, -0.25) is 4.98 Å². The molecule has 5 heteroatoms. The molecule has 0 fully saturated rings. The first kappa shape index (κ1) is 16.4. The fraction of sp³-hybridized carbons (Fsp3) is 0.600. The molecule has 0 saturated carbocycles. The summed E-state index contributed by atoms with van der Waals surface area (Å²) in [5, 5.41) is 12.4. The maximum absolute atomic E-state index is 11.1. The van der Waals surface area contributed by atoms with E-state index >= 15 is 0 Å². The van der Waals surface area contributed by atoms with Crippen LogP contribution in [-0.2, 0) is 0 Å². The Hall–Kier alpha value is -1.62.